The zero-order valence-electron chi connectivity index (χ0n) is 7.37. The molecule has 1 rings (SSSR count). The third kappa shape index (κ3) is 3.62. The third-order valence-electron chi connectivity index (χ3n) is 1.27. The van der Waals surface area contributed by atoms with Gasteiger partial charge in [-0.1, -0.05) is 11.6 Å². The van der Waals surface area contributed by atoms with E-state index < -0.39 is 17.5 Å². The van der Waals surface area contributed by atoms with E-state index in [0.717, 1.165) is 0 Å². The fourth-order valence-corrected chi connectivity index (χ4v) is 0.828. The van der Waals surface area contributed by atoms with Gasteiger partial charge >= 0.3 is 6.16 Å². The molecular formula is C9H8ClFO3. The summed E-state index contributed by atoms with van der Waals surface area (Å²) in [6, 6.07) is 4.98. The molecule has 1 aromatic carbocycles. The van der Waals surface area contributed by atoms with E-state index in [2.05, 4.69) is 9.47 Å². The summed E-state index contributed by atoms with van der Waals surface area (Å²) in [5.41, 5.74) is -0.761. The van der Waals surface area contributed by atoms with Gasteiger partial charge in [0.15, 0.2) is 5.56 Å². The Morgan fingerprint density at radius 3 is 2.50 bits per heavy atom. The van der Waals surface area contributed by atoms with Crippen molar-refractivity contribution in [2.24, 2.45) is 0 Å². The van der Waals surface area contributed by atoms with Gasteiger partial charge in [-0.2, -0.15) is 0 Å². The van der Waals surface area contributed by atoms with Crippen molar-refractivity contribution < 1.29 is 18.7 Å². The molecule has 0 aliphatic heterocycles. The summed E-state index contributed by atoms with van der Waals surface area (Å²) in [7, 11) is 0. The number of hydrogen-bond acceptors (Lipinski definition) is 3. The summed E-state index contributed by atoms with van der Waals surface area (Å²) in [5.74, 6) is -0.204. The zero-order valence-corrected chi connectivity index (χ0v) is 8.12. The van der Waals surface area contributed by atoms with Gasteiger partial charge in [0.2, 0.25) is 0 Å². The fraction of sp³-hybridized carbons (Fsp3) is 0.222. The van der Waals surface area contributed by atoms with Crippen LogP contribution in [0.5, 0.6) is 5.75 Å². The van der Waals surface area contributed by atoms with Gasteiger partial charge < -0.3 is 9.47 Å². The van der Waals surface area contributed by atoms with Crippen molar-refractivity contribution in [2.75, 3.05) is 0 Å². The van der Waals surface area contributed by atoms with E-state index in [9.17, 15) is 9.18 Å². The smallest absolute Gasteiger partial charge is 0.415 e. The van der Waals surface area contributed by atoms with Crippen LogP contribution < -0.4 is 4.74 Å². The maximum Gasteiger partial charge on any atom is 0.515 e. The number of alkyl halides is 1. The molecule has 0 aliphatic carbocycles. The fourth-order valence-electron chi connectivity index (χ4n) is 0.756. The molecule has 0 bridgehead atoms. The quantitative estimate of drug-likeness (QED) is 0.435. The number of rotatable bonds is 2. The van der Waals surface area contributed by atoms with Crippen LogP contribution in [-0.2, 0) is 4.74 Å². The Bertz CT molecular complexity index is 310. The van der Waals surface area contributed by atoms with Gasteiger partial charge in [0.05, 0.1) is 0 Å². The van der Waals surface area contributed by atoms with E-state index in [1.807, 2.05) is 0 Å². The van der Waals surface area contributed by atoms with Crippen molar-refractivity contribution in [3.63, 3.8) is 0 Å². The van der Waals surface area contributed by atoms with E-state index in [4.69, 9.17) is 11.6 Å². The van der Waals surface area contributed by atoms with Crippen LogP contribution in [0.1, 0.15) is 6.92 Å². The van der Waals surface area contributed by atoms with Crippen LogP contribution in [0.2, 0.25) is 0 Å². The molecule has 0 heterocycles. The minimum absolute atomic E-state index is 0.203. The number of benzene rings is 1. The maximum absolute atomic E-state index is 12.4. The lowest BCUT2D eigenvalue weighted by Crippen LogP contribution is -2.14. The Morgan fingerprint density at radius 2 is 2.00 bits per heavy atom. The van der Waals surface area contributed by atoms with Crippen LogP contribution in [0.25, 0.3) is 0 Å². The molecule has 3 nitrogen and oxygen atoms in total. The van der Waals surface area contributed by atoms with Crippen molar-refractivity contribution in [3.05, 3.63) is 30.1 Å². The van der Waals surface area contributed by atoms with E-state index >= 15 is 0 Å². The minimum Gasteiger partial charge on any atom is -0.415 e. The molecular weight excluding hydrogens is 211 g/mol. The number of halogens is 2. The lowest BCUT2D eigenvalue weighted by Gasteiger charge is -2.06. The monoisotopic (exact) mass is 218 g/mol. The highest BCUT2D eigenvalue weighted by atomic mass is 35.5. The summed E-state index contributed by atoms with van der Waals surface area (Å²) in [6.07, 6.45) is -0.917. The molecule has 0 aliphatic rings. The van der Waals surface area contributed by atoms with E-state index in [-0.39, 0.29) is 5.75 Å². The van der Waals surface area contributed by atoms with Crippen LogP contribution in [0.3, 0.4) is 0 Å². The molecule has 0 radical (unpaired) electrons. The Balaban J connectivity index is 2.52. The molecule has 5 heteroatoms. The number of ether oxygens (including phenoxy) is 2. The summed E-state index contributed by atoms with van der Waals surface area (Å²) in [6.45, 7) is 1.48. The standard InChI is InChI=1S/C9H8ClFO3/c1-6(10)13-9(12)14-8-4-2-7(11)3-5-8/h2-6H,1H3. The topological polar surface area (TPSA) is 35.5 Å². The second-order valence-electron chi connectivity index (χ2n) is 2.47. The predicted octanol–water partition coefficient (Wildman–Crippen LogP) is 2.93. The zero-order chi connectivity index (χ0) is 10.6. The maximum atomic E-state index is 12.4. The molecule has 0 fully saturated rings. The molecule has 0 aromatic heterocycles. The normalized spacial score (nSPS) is 11.9. The lowest BCUT2D eigenvalue weighted by atomic mass is 10.3. The summed E-state index contributed by atoms with van der Waals surface area (Å²) in [4.78, 5) is 10.9. The molecule has 0 N–H and O–H groups in total. The molecule has 0 amide bonds. The average Bonchev–Trinajstić information content (AvgIpc) is 2.07. The van der Waals surface area contributed by atoms with Gasteiger partial charge in [0, 0.05) is 0 Å². The largest absolute Gasteiger partial charge is 0.515 e. The Kier molecular flexibility index (Phi) is 3.71. The van der Waals surface area contributed by atoms with E-state index in [0.29, 0.717) is 0 Å². The Labute approximate surface area is 85.4 Å². The highest BCUT2D eigenvalue weighted by molar-refractivity contribution is 6.19. The molecule has 0 saturated heterocycles. The predicted molar refractivity (Wildman–Crippen MR) is 48.8 cm³/mol. The van der Waals surface area contributed by atoms with Crippen LogP contribution in [-0.4, -0.2) is 11.7 Å². The van der Waals surface area contributed by atoms with Gasteiger partial charge in [-0.15, -0.1) is 0 Å². The van der Waals surface area contributed by atoms with Crippen LogP contribution >= 0.6 is 11.6 Å². The van der Waals surface area contributed by atoms with Gasteiger partial charge in [-0.3, -0.25) is 0 Å². The van der Waals surface area contributed by atoms with E-state index in [1.54, 1.807) is 0 Å². The van der Waals surface area contributed by atoms with Gasteiger partial charge in [-0.05, 0) is 31.2 Å². The van der Waals surface area contributed by atoms with Crippen LogP contribution in [0.4, 0.5) is 9.18 Å². The van der Waals surface area contributed by atoms with Crippen LogP contribution in [0.15, 0.2) is 24.3 Å². The van der Waals surface area contributed by atoms with Crippen molar-refractivity contribution in [1.29, 1.82) is 0 Å². The SMILES string of the molecule is CC(Cl)OC(=O)Oc1ccc(F)cc1. The van der Waals surface area contributed by atoms with Gasteiger partial charge in [0.1, 0.15) is 11.6 Å². The first-order valence-corrected chi connectivity index (χ1v) is 4.29. The van der Waals surface area contributed by atoms with Crippen molar-refractivity contribution in [3.8, 4) is 5.75 Å². The van der Waals surface area contributed by atoms with Crippen molar-refractivity contribution in [1.82, 2.24) is 0 Å². The average molecular weight is 219 g/mol. The summed E-state index contributed by atoms with van der Waals surface area (Å²) < 4.78 is 21.6. The molecule has 14 heavy (non-hydrogen) atoms. The highest BCUT2D eigenvalue weighted by Crippen LogP contribution is 2.12. The number of carbonyl (C=O) groups excluding carboxylic acids is 1. The third-order valence-corrected chi connectivity index (χ3v) is 1.36. The first-order valence-electron chi connectivity index (χ1n) is 3.86. The first kappa shape index (κ1) is 10.8. The van der Waals surface area contributed by atoms with Crippen molar-refractivity contribution in [2.45, 2.75) is 12.5 Å². The first-order chi connectivity index (χ1) is 6.58. The molecule has 0 saturated carbocycles. The summed E-state index contributed by atoms with van der Waals surface area (Å²) >= 11 is 5.38. The molecule has 76 valence electrons. The molecule has 0 spiro atoms. The van der Waals surface area contributed by atoms with Gasteiger partial charge in [0.25, 0.3) is 0 Å². The summed E-state index contributed by atoms with van der Waals surface area (Å²) in [5, 5.41) is 0. The highest BCUT2D eigenvalue weighted by Gasteiger charge is 2.08. The molecule has 1 aromatic rings. The minimum atomic E-state index is -0.917. The number of hydrogen-bond donors (Lipinski definition) is 0. The molecule has 1 unspecified atom stereocenters. The van der Waals surface area contributed by atoms with Crippen molar-refractivity contribution >= 4 is 17.8 Å². The van der Waals surface area contributed by atoms with Crippen LogP contribution in [0, 0.1) is 5.82 Å². The Morgan fingerprint density at radius 1 is 1.43 bits per heavy atom. The Hall–Kier alpha value is -1.29. The molecule has 1 atom stereocenters. The second-order valence-corrected chi connectivity index (χ2v) is 3.08. The second kappa shape index (κ2) is 4.81. The van der Waals surface area contributed by atoms with E-state index in [1.165, 1.54) is 31.2 Å². The van der Waals surface area contributed by atoms with Gasteiger partial charge in [-0.25, -0.2) is 9.18 Å². The lowest BCUT2D eigenvalue weighted by molar-refractivity contribution is 0.0923. The number of carbonyl (C=O) groups is 1.